The lowest BCUT2D eigenvalue weighted by atomic mass is 10.2. The van der Waals surface area contributed by atoms with Crippen molar-refractivity contribution >= 4 is 11.8 Å². The maximum atomic E-state index is 12.4. The van der Waals surface area contributed by atoms with E-state index >= 15 is 0 Å². The van der Waals surface area contributed by atoms with Gasteiger partial charge in [-0.3, -0.25) is 4.57 Å². The summed E-state index contributed by atoms with van der Waals surface area (Å²) in [4.78, 5) is 0. The van der Waals surface area contributed by atoms with Crippen molar-refractivity contribution in [3.63, 3.8) is 0 Å². The number of nitrogens with zero attached hydrogens (tertiary/aromatic N) is 3. The van der Waals surface area contributed by atoms with Crippen LogP contribution in [0.5, 0.6) is 5.75 Å². The molecule has 0 saturated carbocycles. The van der Waals surface area contributed by atoms with Gasteiger partial charge in [0.05, 0.1) is 6.10 Å². The second-order valence-electron chi connectivity index (χ2n) is 4.95. The van der Waals surface area contributed by atoms with E-state index in [0.29, 0.717) is 5.75 Å². The van der Waals surface area contributed by atoms with Crippen molar-refractivity contribution in [1.82, 2.24) is 14.8 Å². The van der Waals surface area contributed by atoms with Gasteiger partial charge in [0.15, 0.2) is 5.16 Å². The Balaban J connectivity index is 1.79. The molecule has 2 aromatic rings. The first-order valence-corrected chi connectivity index (χ1v) is 7.77. The van der Waals surface area contributed by atoms with Crippen molar-refractivity contribution in [3.8, 4) is 5.75 Å². The number of ether oxygens (including phenoxy) is 1. The van der Waals surface area contributed by atoms with E-state index in [1.165, 1.54) is 0 Å². The van der Waals surface area contributed by atoms with Gasteiger partial charge in [-0.1, -0.05) is 29.5 Å². The van der Waals surface area contributed by atoms with Gasteiger partial charge in [-0.15, -0.1) is 10.2 Å². The molecule has 1 aromatic heterocycles. The lowest BCUT2D eigenvalue weighted by Crippen LogP contribution is -2.21. The molecule has 23 heavy (non-hydrogen) atoms. The Hall–Kier alpha value is -1.74. The minimum absolute atomic E-state index is 0.0451. The van der Waals surface area contributed by atoms with Gasteiger partial charge >= 0.3 is 6.18 Å². The molecule has 0 radical (unpaired) electrons. The largest absolute Gasteiger partial charge is 0.491 e. The third-order valence-electron chi connectivity index (χ3n) is 2.80. The highest BCUT2D eigenvalue weighted by atomic mass is 32.2. The van der Waals surface area contributed by atoms with Crippen molar-refractivity contribution in [2.45, 2.75) is 30.9 Å². The Kier molecular flexibility index (Phi) is 5.89. The highest BCUT2D eigenvalue weighted by Gasteiger charge is 2.29. The van der Waals surface area contributed by atoms with E-state index in [9.17, 15) is 18.3 Å². The second-order valence-corrected chi connectivity index (χ2v) is 5.93. The van der Waals surface area contributed by atoms with E-state index in [-0.39, 0.29) is 17.5 Å². The lowest BCUT2D eigenvalue weighted by Gasteiger charge is -2.13. The van der Waals surface area contributed by atoms with Crippen LogP contribution in [0, 0.1) is 6.92 Å². The summed E-state index contributed by atoms with van der Waals surface area (Å²) >= 11 is 0.999. The fraction of sp³-hybridized carbons (Fsp3) is 0.429. The maximum Gasteiger partial charge on any atom is 0.406 e. The molecule has 1 heterocycles. The molecule has 1 aromatic carbocycles. The zero-order valence-electron chi connectivity index (χ0n) is 12.3. The van der Waals surface area contributed by atoms with E-state index in [1.54, 1.807) is 12.1 Å². The van der Waals surface area contributed by atoms with E-state index < -0.39 is 18.8 Å². The molecule has 0 fully saturated rings. The van der Waals surface area contributed by atoms with Gasteiger partial charge in [0.25, 0.3) is 0 Å². The van der Waals surface area contributed by atoms with Crippen molar-refractivity contribution in [3.05, 3.63) is 36.2 Å². The molecule has 0 aliphatic heterocycles. The minimum Gasteiger partial charge on any atom is -0.491 e. The van der Waals surface area contributed by atoms with Crippen LogP contribution in [0.1, 0.15) is 5.56 Å². The molecule has 0 saturated heterocycles. The number of aliphatic hydroxyl groups is 1. The molecule has 0 aliphatic rings. The Morgan fingerprint density at radius 1 is 1.30 bits per heavy atom. The molecule has 2 rings (SSSR count). The second kappa shape index (κ2) is 7.69. The van der Waals surface area contributed by atoms with Gasteiger partial charge < -0.3 is 9.84 Å². The Bertz CT molecular complexity index is 616. The smallest absolute Gasteiger partial charge is 0.406 e. The topological polar surface area (TPSA) is 60.2 Å². The lowest BCUT2D eigenvalue weighted by molar-refractivity contribution is -0.142. The monoisotopic (exact) mass is 347 g/mol. The number of aryl methyl sites for hydroxylation is 1. The fourth-order valence-electron chi connectivity index (χ4n) is 1.70. The van der Waals surface area contributed by atoms with E-state index in [1.807, 2.05) is 19.1 Å². The van der Waals surface area contributed by atoms with Crippen LogP contribution < -0.4 is 4.74 Å². The molecular formula is C14H16F3N3O2S. The molecule has 1 N–H and O–H groups in total. The van der Waals surface area contributed by atoms with Gasteiger partial charge in [0.2, 0.25) is 0 Å². The molecule has 126 valence electrons. The Morgan fingerprint density at radius 2 is 2.00 bits per heavy atom. The van der Waals surface area contributed by atoms with E-state index in [2.05, 4.69) is 10.2 Å². The van der Waals surface area contributed by atoms with Crippen LogP contribution in [0.3, 0.4) is 0 Å². The maximum absolute atomic E-state index is 12.4. The number of aromatic nitrogens is 3. The average Bonchev–Trinajstić information content (AvgIpc) is 2.89. The quantitative estimate of drug-likeness (QED) is 0.781. The molecule has 1 unspecified atom stereocenters. The molecule has 1 atom stereocenters. The predicted octanol–water partition coefficient (Wildman–Crippen LogP) is 2.68. The van der Waals surface area contributed by atoms with Crippen LogP contribution in [0.15, 0.2) is 35.7 Å². The molecule has 5 nitrogen and oxygen atoms in total. The summed E-state index contributed by atoms with van der Waals surface area (Å²) in [7, 11) is 0. The zero-order chi connectivity index (χ0) is 16.9. The first-order valence-electron chi connectivity index (χ1n) is 6.78. The highest BCUT2D eigenvalue weighted by Crippen LogP contribution is 2.22. The summed E-state index contributed by atoms with van der Waals surface area (Å²) in [5.74, 6) is 0.780. The summed E-state index contributed by atoms with van der Waals surface area (Å²) in [5, 5.41) is 17.1. The first-order chi connectivity index (χ1) is 10.8. The van der Waals surface area contributed by atoms with Crippen LogP contribution in [-0.2, 0) is 6.54 Å². The predicted molar refractivity (Wildman–Crippen MR) is 79.5 cm³/mol. The third-order valence-corrected chi connectivity index (χ3v) is 3.92. The summed E-state index contributed by atoms with van der Waals surface area (Å²) in [6.45, 7) is 0.841. The number of rotatable bonds is 7. The van der Waals surface area contributed by atoms with E-state index in [0.717, 1.165) is 28.2 Å². The number of hydrogen-bond donors (Lipinski definition) is 1. The number of hydrogen-bond acceptors (Lipinski definition) is 5. The highest BCUT2D eigenvalue weighted by molar-refractivity contribution is 7.99. The average molecular weight is 347 g/mol. The van der Waals surface area contributed by atoms with E-state index in [4.69, 9.17) is 4.74 Å². The minimum atomic E-state index is -4.34. The molecule has 0 aliphatic carbocycles. The van der Waals surface area contributed by atoms with Gasteiger partial charge in [-0.05, 0) is 19.1 Å². The van der Waals surface area contributed by atoms with Crippen molar-refractivity contribution in [2.75, 3.05) is 12.4 Å². The van der Waals surface area contributed by atoms with Gasteiger partial charge in [-0.25, -0.2) is 0 Å². The number of alkyl halides is 3. The molecule has 9 heteroatoms. The Morgan fingerprint density at radius 3 is 2.65 bits per heavy atom. The van der Waals surface area contributed by atoms with Crippen molar-refractivity contribution in [1.29, 1.82) is 0 Å². The van der Waals surface area contributed by atoms with Crippen molar-refractivity contribution in [2.24, 2.45) is 0 Å². The standard InChI is InChI=1S/C14H16F3N3O2S/c1-10-2-4-12(5-3-10)22-6-11(21)7-23-13-19-18-9-20(13)8-14(15,16)17/h2-5,9,11,21H,6-8H2,1H3. The number of benzene rings is 1. The third kappa shape index (κ3) is 6.11. The zero-order valence-corrected chi connectivity index (χ0v) is 13.1. The SMILES string of the molecule is Cc1ccc(OCC(O)CSc2nncn2CC(F)(F)F)cc1. The van der Waals surface area contributed by atoms with Crippen LogP contribution in [0.25, 0.3) is 0 Å². The van der Waals surface area contributed by atoms with Crippen LogP contribution in [-0.4, -0.2) is 44.5 Å². The van der Waals surface area contributed by atoms with Crippen molar-refractivity contribution < 1.29 is 23.0 Å². The first kappa shape index (κ1) is 17.6. The van der Waals surface area contributed by atoms with Gasteiger partial charge in [0, 0.05) is 5.75 Å². The fourth-order valence-corrected chi connectivity index (χ4v) is 2.52. The number of thioether (sulfide) groups is 1. The molecular weight excluding hydrogens is 331 g/mol. The van der Waals surface area contributed by atoms with Crippen LogP contribution in [0.2, 0.25) is 0 Å². The van der Waals surface area contributed by atoms with Gasteiger partial charge in [-0.2, -0.15) is 13.2 Å². The van der Waals surface area contributed by atoms with Crippen LogP contribution in [0.4, 0.5) is 13.2 Å². The van der Waals surface area contributed by atoms with Crippen LogP contribution >= 0.6 is 11.8 Å². The normalized spacial score (nSPS) is 13.1. The Labute approximate surface area is 135 Å². The summed E-state index contributed by atoms with van der Waals surface area (Å²) in [6, 6.07) is 7.34. The van der Waals surface area contributed by atoms with Gasteiger partial charge in [0.1, 0.15) is 25.2 Å². The summed E-state index contributed by atoms with van der Waals surface area (Å²) in [6.07, 6.45) is -4.16. The number of halogens is 3. The summed E-state index contributed by atoms with van der Waals surface area (Å²) < 4.78 is 43.5. The molecule has 0 bridgehead atoms. The summed E-state index contributed by atoms with van der Waals surface area (Å²) in [5.41, 5.74) is 1.09. The number of aliphatic hydroxyl groups excluding tert-OH is 1. The molecule has 0 amide bonds. The molecule has 0 spiro atoms.